The Bertz CT molecular complexity index is 128. The van der Waals surface area contributed by atoms with Crippen LogP contribution in [0.5, 0.6) is 0 Å². The van der Waals surface area contributed by atoms with Gasteiger partial charge in [-0.3, -0.25) is 11.3 Å². The summed E-state index contributed by atoms with van der Waals surface area (Å²) in [7, 11) is 0. The predicted molar refractivity (Wildman–Crippen MR) is 57.1 cm³/mol. The van der Waals surface area contributed by atoms with Gasteiger partial charge in [-0.15, -0.1) is 0 Å². The van der Waals surface area contributed by atoms with Crippen LogP contribution in [-0.2, 0) is 0 Å². The summed E-state index contributed by atoms with van der Waals surface area (Å²) in [4.78, 5) is 0. The first-order valence-electron chi connectivity index (χ1n) is 5.70. The Hall–Kier alpha value is -0.0800. The minimum Gasteiger partial charge on any atom is -0.271 e. The lowest BCUT2D eigenvalue weighted by atomic mass is 9.83. The monoisotopic (exact) mass is 184 g/mol. The molecule has 3 N–H and O–H groups in total. The van der Waals surface area contributed by atoms with Gasteiger partial charge in [0.15, 0.2) is 0 Å². The second-order valence-electron chi connectivity index (χ2n) is 4.76. The van der Waals surface area contributed by atoms with Crippen LogP contribution < -0.4 is 11.3 Å². The quantitative estimate of drug-likeness (QED) is 0.520. The SMILES string of the molecule is CC(C)C(CC1CCCCC1)NN. The van der Waals surface area contributed by atoms with E-state index in [2.05, 4.69) is 19.3 Å². The van der Waals surface area contributed by atoms with Gasteiger partial charge in [-0.2, -0.15) is 0 Å². The summed E-state index contributed by atoms with van der Waals surface area (Å²) in [6.45, 7) is 4.49. The van der Waals surface area contributed by atoms with E-state index in [1.807, 2.05) is 0 Å². The predicted octanol–water partition coefficient (Wildman–Crippen LogP) is 2.44. The molecule has 0 aliphatic heterocycles. The van der Waals surface area contributed by atoms with Gasteiger partial charge in [-0.05, 0) is 18.3 Å². The Morgan fingerprint density at radius 1 is 1.23 bits per heavy atom. The molecule has 1 atom stereocenters. The zero-order valence-electron chi connectivity index (χ0n) is 9.05. The van der Waals surface area contributed by atoms with Gasteiger partial charge >= 0.3 is 0 Å². The Labute approximate surface area is 82.2 Å². The van der Waals surface area contributed by atoms with Crippen molar-refractivity contribution in [2.45, 2.75) is 58.4 Å². The van der Waals surface area contributed by atoms with E-state index >= 15 is 0 Å². The summed E-state index contributed by atoms with van der Waals surface area (Å²) in [6.07, 6.45) is 8.42. The molecule has 1 rings (SSSR count). The Kier molecular flexibility index (Phi) is 4.74. The van der Waals surface area contributed by atoms with Crippen LogP contribution in [0, 0.1) is 11.8 Å². The van der Waals surface area contributed by atoms with E-state index < -0.39 is 0 Å². The fraction of sp³-hybridized carbons (Fsp3) is 1.00. The zero-order valence-corrected chi connectivity index (χ0v) is 9.05. The van der Waals surface area contributed by atoms with Crippen molar-refractivity contribution < 1.29 is 0 Å². The van der Waals surface area contributed by atoms with Gasteiger partial charge in [0.05, 0.1) is 0 Å². The van der Waals surface area contributed by atoms with Crippen molar-refractivity contribution >= 4 is 0 Å². The average molecular weight is 184 g/mol. The smallest absolute Gasteiger partial charge is 0.0236 e. The highest BCUT2D eigenvalue weighted by Crippen LogP contribution is 2.28. The van der Waals surface area contributed by atoms with Crippen LogP contribution in [0.1, 0.15) is 52.4 Å². The van der Waals surface area contributed by atoms with Gasteiger partial charge < -0.3 is 0 Å². The molecule has 1 fully saturated rings. The van der Waals surface area contributed by atoms with Gasteiger partial charge in [0.25, 0.3) is 0 Å². The third-order valence-corrected chi connectivity index (χ3v) is 3.33. The number of rotatable bonds is 4. The first-order chi connectivity index (χ1) is 6.24. The highest BCUT2D eigenvalue weighted by molar-refractivity contribution is 4.75. The van der Waals surface area contributed by atoms with E-state index in [0.717, 1.165) is 5.92 Å². The van der Waals surface area contributed by atoms with E-state index in [9.17, 15) is 0 Å². The molecule has 2 nitrogen and oxygen atoms in total. The average Bonchev–Trinajstić information content (AvgIpc) is 2.15. The first kappa shape index (κ1) is 11.0. The topological polar surface area (TPSA) is 38.0 Å². The van der Waals surface area contributed by atoms with Crippen LogP contribution >= 0.6 is 0 Å². The molecule has 1 aliphatic carbocycles. The standard InChI is InChI=1S/C11H24N2/c1-9(2)11(13-12)8-10-6-4-3-5-7-10/h9-11,13H,3-8,12H2,1-2H3. The maximum atomic E-state index is 5.54. The molecule has 0 radical (unpaired) electrons. The third kappa shape index (κ3) is 3.65. The van der Waals surface area contributed by atoms with Crippen molar-refractivity contribution in [1.29, 1.82) is 0 Å². The molecule has 1 aliphatic rings. The zero-order chi connectivity index (χ0) is 9.68. The van der Waals surface area contributed by atoms with E-state index in [4.69, 9.17) is 5.84 Å². The minimum atomic E-state index is 0.517. The molecule has 13 heavy (non-hydrogen) atoms. The van der Waals surface area contributed by atoms with Crippen molar-refractivity contribution in [2.75, 3.05) is 0 Å². The van der Waals surface area contributed by atoms with Gasteiger partial charge in [-0.25, -0.2) is 0 Å². The number of hydrogen-bond acceptors (Lipinski definition) is 2. The molecule has 78 valence electrons. The highest BCUT2D eigenvalue weighted by atomic mass is 15.2. The molecule has 2 heteroatoms. The van der Waals surface area contributed by atoms with Gasteiger partial charge in [0.1, 0.15) is 0 Å². The van der Waals surface area contributed by atoms with Crippen molar-refractivity contribution in [3.8, 4) is 0 Å². The Morgan fingerprint density at radius 3 is 2.31 bits per heavy atom. The third-order valence-electron chi connectivity index (χ3n) is 3.33. The molecular formula is C11H24N2. The summed E-state index contributed by atoms with van der Waals surface area (Å²) < 4.78 is 0. The van der Waals surface area contributed by atoms with Crippen molar-refractivity contribution in [3.63, 3.8) is 0 Å². The molecule has 1 saturated carbocycles. The molecule has 0 aromatic heterocycles. The number of nitrogens with two attached hydrogens (primary N) is 1. The minimum absolute atomic E-state index is 0.517. The van der Waals surface area contributed by atoms with Crippen LogP contribution in [0.2, 0.25) is 0 Å². The molecule has 0 heterocycles. The molecule has 0 amide bonds. The lowest BCUT2D eigenvalue weighted by Crippen LogP contribution is -2.40. The number of hydrogen-bond donors (Lipinski definition) is 2. The number of hydrazine groups is 1. The van der Waals surface area contributed by atoms with Crippen molar-refractivity contribution in [1.82, 2.24) is 5.43 Å². The van der Waals surface area contributed by atoms with Crippen molar-refractivity contribution in [2.24, 2.45) is 17.7 Å². The normalized spacial score (nSPS) is 22.2. The van der Waals surface area contributed by atoms with Crippen LogP contribution in [0.3, 0.4) is 0 Å². The van der Waals surface area contributed by atoms with Crippen LogP contribution in [0.15, 0.2) is 0 Å². The molecule has 0 aromatic carbocycles. The van der Waals surface area contributed by atoms with Crippen LogP contribution in [0.4, 0.5) is 0 Å². The van der Waals surface area contributed by atoms with Crippen LogP contribution in [-0.4, -0.2) is 6.04 Å². The lowest BCUT2D eigenvalue weighted by molar-refractivity contribution is 0.267. The highest BCUT2D eigenvalue weighted by Gasteiger charge is 2.19. The Balaban J connectivity index is 2.27. The fourth-order valence-corrected chi connectivity index (χ4v) is 2.31. The molecular weight excluding hydrogens is 160 g/mol. The van der Waals surface area contributed by atoms with Gasteiger partial charge in [0.2, 0.25) is 0 Å². The molecule has 0 spiro atoms. The van der Waals surface area contributed by atoms with Crippen molar-refractivity contribution in [3.05, 3.63) is 0 Å². The summed E-state index contributed by atoms with van der Waals surface area (Å²) in [5.74, 6) is 7.13. The van der Waals surface area contributed by atoms with E-state index in [-0.39, 0.29) is 0 Å². The van der Waals surface area contributed by atoms with E-state index in [0.29, 0.717) is 12.0 Å². The van der Waals surface area contributed by atoms with Crippen LogP contribution in [0.25, 0.3) is 0 Å². The maximum absolute atomic E-state index is 5.54. The Morgan fingerprint density at radius 2 is 1.85 bits per heavy atom. The molecule has 0 aromatic rings. The summed E-state index contributed by atoms with van der Waals surface area (Å²) >= 11 is 0. The largest absolute Gasteiger partial charge is 0.271 e. The van der Waals surface area contributed by atoms with E-state index in [1.165, 1.54) is 38.5 Å². The summed E-state index contributed by atoms with van der Waals surface area (Å²) in [5, 5.41) is 0. The van der Waals surface area contributed by atoms with Gasteiger partial charge in [0, 0.05) is 6.04 Å². The molecule has 0 bridgehead atoms. The van der Waals surface area contributed by atoms with E-state index in [1.54, 1.807) is 0 Å². The fourth-order valence-electron chi connectivity index (χ4n) is 2.31. The summed E-state index contributed by atoms with van der Waals surface area (Å²) in [5.41, 5.74) is 2.95. The second-order valence-corrected chi connectivity index (χ2v) is 4.76. The maximum Gasteiger partial charge on any atom is 0.0236 e. The lowest BCUT2D eigenvalue weighted by Gasteiger charge is -2.28. The molecule has 0 saturated heterocycles. The van der Waals surface area contributed by atoms with Gasteiger partial charge in [-0.1, -0.05) is 46.0 Å². The second kappa shape index (κ2) is 5.61. The first-order valence-corrected chi connectivity index (χ1v) is 5.70. The molecule has 1 unspecified atom stereocenters. The summed E-state index contributed by atoms with van der Waals surface area (Å²) in [6, 6.07) is 0.517. The number of nitrogens with one attached hydrogen (secondary N) is 1.